The summed E-state index contributed by atoms with van der Waals surface area (Å²) in [6, 6.07) is 11.3. The second-order valence-electron chi connectivity index (χ2n) is 5.95. The number of carbonyl (C=O) groups is 1. The Morgan fingerprint density at radius 3 is 2.81 bits per heavy atom. The number of halogens is 1. The molecule has 2 heterocycles. The maximum atomic E-state index is 12.4. The Morgan fingerprint density at radius 2 is 2.08 bits per heavy atom. The molecule has 3 aromatic rings. The van der Waals surface area contributed by atoms with Gasteiger partial charge in [0.2, 0.25) is 0 Å². The summed E-state index contributed by atoms with van der Waals surface area (Å²) < 4.78 is 12.3. The van der Waals surface area contributed by atoms with Crippen molar-refractivity contribution in [1.82, 2.24) is 14.9 Å². The number of unbranched alkanes of at least 4 members (excludes halogenated alkanes) is 1. The van der Waals surface area contributed by atoms with E-state index in [2.05, 4.69) is 17.2 Å². The van der Waals surface area contributed by atoms with Gasteiger partial charge in [0.25, 0.3) is 0 Å². The highest BCUT2D eigenvalue weighted by Gasteiger charge is 2.22. The molecule has 0 fully saturated rings. The molecule has 26 heavy (non-hydrogen) atoms. The molecule has 7 heteroatoms. The van der Waals surface area contributed by atoms with Gasteiger partial charge in [-0.15, -0.1) is 0 Å². The van der Waals surface area contributed by atoms with Gasteiger partial charge >= 0.3 is 5.97 Å². The van der Waals surface area contributed by atoms with Crippen LogP contribution in [-0.2, 0) is 17.9 Å². The molecule has 0 spiro atoms. The molecule has 0 N–H and O–H groups in total. The Hall–Kier alpha value is -2.60. The van der Waals surface area contributed by atoms with Gasteiger partial charge in [-0.3, -0.25) is 4.68 Å². The van der Waals surface area contributed by atoms with E-state index in [1.54, 1.807) is 17.7 Å². The highest BCUT2D eigenvalue weighted by atomic mass is 35.5. The lowest BCUT2D eigenvalue weighted by Crippen LogP contribution is -2.07. The summed E-state index contributed by atoms with van der Waals surface area (Å²) in [7, 11) is 0. The fourth-order valence-electron chi connectivity index (χ4n) is 2.57. The second-order valence-corrected chi connectivity index (χ2v) is 6.31. The number of carbonyl (C=O) groups excluding carboxylic acids is 1. The molecule has 0 saturated carbocycles. The Kier molecular flexibility index (Phi) is 5.73. The van der Waals surface area contributed by atoms with Gasteiger partial charge in [-0.1, -0.05) is 60.4 Å². The molecule has 0 atom stereocenters. The van der Waals surface area contributed by atoms with Crippen LogP contribution in [0.2, 0.25) is 5.15 Å². The number of rotatable bonds is 7. The van der Waals surface area contributed by atoms with Gasteiger partial charge in [-0.2, -0.15) is 5.10 Å². The van der Waals surface area contributed by atoms with Crippen LogP contribution in [-0.4, -0.2) is 20.9 Å². The van der Waals surface area contributed by atoms with Crippen molar-refractivity contribution in [2.75, 3.05) is 0 Å². The van der Waals surface area contributed by atoms with Crippen molar-refractivity contribution in [3.8, 4) is 11.3 Å². The van der Waals surface area contributed by atoms with Crippen LogP contribution < -0.4 is 0 Å². The fraction of sp³-hybridized carbons (Fsp3) is 0.316. The van der Waals surface area contributed by atoms with Crippen molar-refractivity contribution in [3.63, 3.8) is 0 Å². The van der Waals surface area contributed by atoms with E-state index >= 15 is 0 Å². The number of ether oxygens (including phenoxy) is 1. The zero-order chi connectivity index (χ0) is 18.5. The van der Waals surface area contributed by atoms with Gasteiger partial charge in [-0.25, -0.2) is 4.79 Å². The zero-order valence-electron chi connectivity index (χ0n) is 14.7. The Morgan fingerprint density at radius 1 is 1.31 bits per heavy atom. The molecule has 3 rings (SSSR count). The summed E-state index contributed by atoms with van der Waals surface area (Å²) in [5, 5.41) is 8.57. The molecule has 0 amide bonds. The molecule has 6 nitrogen and oxygen atoms in total. The topological polar surface area (TPSA) is 70.2 Å². The molecule has 0 radical (unpaired) electrons. The van der Waals surface area contributed by atoms with Crippen LogP contribution in [0.1, 0.15) is 41.5 Å². The summed E-state index contributed by atoms with van der Waals surface area (Å²) in [6.07, 6.45) is 1.96. The van der Waals surface area contributed by atoms with Crippen LogP contribution in [0.5, 0.6) is 0 Å². The van der Waals surface area contributed by atoms with Crippen LogP contribution >= 0.6 is 11.6 Å². The normalized spacial score (nSPS) is 10.9. The molecule has 2 aromatic heterocycles. The van der Waals surface area contributed by atoms with Crippen molar-refractivity contribution in [2.45, 2.75) is 39.8 Å². The predicted molar refractivity (Wildman–Crippen MR) is 97.9 cm³/mol. The minimum Gasteiger partial charge on any atom is -0.455 e. The van der Waals surface area contributed by atoms with E-state index in [1.807, 2.05) is 30.3 Å². The number of nitrogens with zero attached hydrogens (tertiary/aromatic N) is 3. The first kappa shape index (κ1) is 18.2. The largest absolute Gasteiger partial charge is 0.455 e. The fourth-order valence-corrected chi connectivity index (χ4v) is 2.91. The first-order chi connectivity index (χ1) is 12.6. The zero-order valence-corrected chi connectivity index (χ0v) is 15.5. The molecular formula is C19H20ClN3O3. The molecule has 0 aliphatic heterocycles. The van der Waals surface area contributed by atoms with E-state index in [4.69, 9.17) is 20.9 Å². The third-order valence-electron chi connectivity index (χ3n) is 3.96. The maximum absolute atomic E-state index is 12.4. The van der Waals surface area contributed by atoms with Gasteiger partial charge in [0, 0.05) is 18.2 Å². The Balaban J connectivity index is 1.66. The monoisotopic (exact) mass is 373 g/mol. The highest BCUT2D eigenvalue weighted by Crippen LogP contribution is 2.23. The minimum atomic E-state index is -0.514. The third kappa shape index (κ3) is 3.96. The maximum Gasteiger partial charge on any atom is 0.343 e. The second kappa shape index (κ2) is 8.19. The van der Waals surface area contributed by atoms with Gasteiger partial charge < -0.3 is 9.26 Å². The molecular weight excluding hydrogens is 354 g/mol. The lowest BCUT2D eigenvalue weighted by molar-refractivity contribution is 0.0463. The van der Waals surface area contributed by atoms with Crippen molar-refractivity contribution < 1.29 is 14.1 Å². The molecule has 0 bridgehead atoms. The van der Waals surface area contributed by atoms with Crippen LogP contribution in [0.3, 0.4) is 0 Å². The summed E-state index contributed by atoms with van der Waals surface area (Å²) in [5.74, 6) is 0.109. The Bertz CT molecular complexity index is 887. The van der Waals surface area contributed by atoms with Crippen LogP contribution in [0.25, 0.3) is 11.3 Å². The van der Waals surface area contributed by atoms with Crippen molar-refractivity contribution in [3.05, 3.63) is 58.5 Å². The first-order valence-electron chi connectivity index (χ1n) is 8.51. The molecule has 0 aliphatic carbocycles. The number of hydrogen-bond donors (Lipinski definition) is 0. The standard InChI is InChI=1S/C19H20ClN3O3/c1-3-4-10-23-18(20)17(13(2)21-23)19(24)25-12-15-11-16(26-22-15)14-8-6-5-7-9-14/h5-9,11H,3-4,10,12H2,1-2H3. The predicted octanol–water partition coefficient (Wildman–Crippen LogP) is 4.66. The van der Waals surface area contributed by atoms with Gasteiger partial charge in [0.1, 0.15) is 23.0 Å². The first-order valence-corrected chi connectivity index (χ1v) is 8.89. The van der Waals surface area contributed by atoms with E-state index in [0.29, 0.717) is 34.4 Å². The SMILES string of the molecule is CCCCn1nc(C)c(C(=O)OCc2cc(-c3ccccc3)on2)c1Cl. The summed E-state index contributed by atoms with van der Waals surface area (Å²) >= 11 is 6.29. The summed E-state index contributed by atoms with van der Waals surface area (Å²) in [5.41, 5.74) is 2.30. The average Bonchev–Trinajstić information content (AvgIpc) is 3.23. The van der Waals surface area contributed by atoms with E-state index in [-0.39, 0.29) is 6.61 Å². The molecule has 0 aliphatic rings. The molecule has 1 aromatic carbocycles. The van der Waals surface area contributed by atoms with Crippen molar-refractivity contribution in [2.24, 2.45) is 0 Å². The Labute approximate surface area is 156 Å². The van der Waals surface area contributed by atoms with Gasteiger partial charge in [0.05, 0.1) is 5.69 Å². The van der Waals surface area contributed by atoms with E-state index in [1.165, 1.54) is 0 Å². The number of hydrogen-bond acceptors (Lipinski definition) is 5. The van der Waals surface area contributed by atoms with E-state index in [0.717, 1.165) is 18.4 Å². The molecule has 136 valence electrons. The van der Waals surface area contributed by atoms with E-state index < -0.39 is 5.97 Å². The average molecular weight is 374 g/mol. The van der Waals surface area contributed by atoms with Gasteiger partial charge in [0.15, 0.2) is 5.76 Å². The number of benzene rings is 1. The lowest BCUT2D eigenvalue weighted by Gasteiger charge is -2.03. The van der Waals surface area contributed by atoms with Crippen molar-refractivity contribution in [1.29, 1.82) is 0 Å². The number of aromatic nitrogens is 3. The minimum absolute atomic E-state index is 0.00504. The molecule has 0 unspecified atom stereocenters. The lowest BCUT2D eigenvalue weighted by atomic mass is 10.2. The van der Waals surface area contributed by atoms with Crippen LogP contribution in [0.4, 0.5) is 0 Å². The smallest absolute Gasteiger partial charge is 0.343 e. The van der Waals surface area contributed by atoms with E-state index in [9.17, 15) is 4.79 Å². The summed E-state index contributed by atoms with van der Waals surface area (Å²) in [6.45, 7) is 4.51. The van der Waals surface area contributed by atoms with Crippen LogP contribution in [0, 0.1) is 6.92 Å². The molecule has 0 saturated heterocycles. The number of esters is 1. The highest BCUT2D eigenvalue weighted by molar-refractivity contribution is 6.32. The number of aryl methyl sites for hydroxylation is 2. The quantitative estimate of drug-likeness (QED) is 0.563. The van der Waals surface area contributed by atoms with Gasteiger partial charge in [-0.05, 0) is 13.3 Å². The van der Waals surface area contributed by atoms with Crippen LogP contribution in [0.15, 0.2) is 40.9 Å². The van der Waals surface area contributed by atoms with Crippen molar-refractivity contribution >= 4 is 17.6 Å². The third-order valence-corrected chi connectivity index (χ3v) is 4.35. The summed E-state index contributed by atoms with van der Waals surface area (Å²) in [4.78, 5) is 12.4.